The van der Waals surface area contributed by atoms with Crippen molar-refractivity contribution >= 4 is 6.03 Å². The van der Waals surface area contributed by atoms with Crippen molar-refractivity contribution in [3.8, 4) is 0 Å². The maximum Gasteiger partial charge on any atom is 0.317 e. The lowest BCUT2D eigenvalue weighted by Gasteiger charge is -2.21. The number of hydrogen-bond acceptors (Lipinski definition) is 1. The van der Waals surface area contributed by atoms with Crippen molar-refractivity contribution in [1.29, 1.82) is 0 Å². The summed E-state index contributed by atoms with van der Waals surface area (Å²) < 4.78 is 25.7. The van der Waals surface area contributed by atoms with Gasteiger partial charge in [-0.2, -0.15) is 0 Å². The zero-order chi connectivity index (χ0) is 13.1. The fourth-order valence-corrected chi connectivity index (χ4v) is 2.16. The van der Waals surface area contributed by atoms with Crippen molar-refractivity contribution in [3.63, 3.8) is 0 Å². The molecule has 18 heavy (non-hydrogen) atoms. The molecule has 0 bridgehead atoms. The maximum absolute atomic E-state index is 13.0. The van der Waals surface area contributed by atoms with Crippen molar-refractivity contribution in [1.82, 2.24) is 10.2 Å². The molecule has 1 aromatic carbocycles. The number of halogens is 2. The van der Waals surface area contributed by atoms with Crippen molar-refractivity contribution in [3.05, 3.63) is 35.4 Å². The fraction of sp³-hybridized carbons (Fsp3) is 0.462. The van der Waals surface area contributed by atoms with Gasteiger partial charge >= 0.3 is 6.03 Å². The number of urea groups is 1. The lowest BCUT2D eigenvalue weighted by molar-refractivity contribution is 0.195. The van der Waals surface area contributed by atoms with Gasteiger partial charge in [-0.15, -0.1) is 0 Å². The van der Waals surface area contributed by atoms with Crippen molar-refractivity contribution in [2.45, 2.75) is 32.4 Å². The van der Waals surface area contributed by atoms with Crippen LogP contribution in [0.3, 0.4) is 0 Å². The molecule has 0 spiro atoms. The van der Waals surface area contributed by atoms with E-state index in [0.29, 0.717) is 5.56 Å². The highest BCUT2D eigenvalue weighted by Gasteiger charge is 2.24. The molecule has 1 fully saturated rings. The highest BCUT2D eigenvalue weighted by Crippen LogP contribution is 2.16. The standard InChI is InChI=1S/C13H16F2N2O/c1-9-3-2-6-17(9)13(18)16-8-10-4-5-11(14)12(15)7-10/h4-5,7,9H,2-3,6,8H2,1H3,(H,16,18). The Balaban J connectivity index is 1.91. The van der Waals surface area contributed by atoms with Crippen LogP contribution in [0.5, 0.6) is 0 Å². The Morgan fingerprint density at radius 2 is 2.22 bits per heavy atom. The van der Waals surface area contributed by atoms with E-state index < -0.39 is 11.6 Å². The summed E-state index contributed by atoms with van der Waals surface area (Å²) in [6.45, 7) is 2.97. The second-order valence-corrected chi connectivity index (χ2v) is 4.59. The Kier molecular flexibility index (Phi) is 3.79. The summed E-state index contributed by atoms with van der Waals surface area (Å²) in [5.41, 5.74) is 0.550. The molecule has 0 aliphatic carbocycles. The molecular weight excluding hydrogens is 238 g/mol. The van der Waals surface area contributed by atoms with E-state index in [-0.39, 0.29) is 18.6 Å². The molecule has 1 aromatic rings. The molecule has 1 saturated heterocycles. The number of carbonyl (C=O) groups is 1. The van der Waals surface area contributed by atoms with E-state index in [2.05, 4.69) is 5.32 Å². The average molecular weight is 254 g/mol. The Labute approximate surface area is 105 Å². The van der Waals surface area contributed by atoms with Crippen molar-refractivity contribution < 1.29 is 13.6 Å². The van der Waals surface area contributed by atoms with Gasteiger partial charge in [0.2, 0.25) is 0 Å². The van der Waals surface area contributed by atoms with Crippen LogP contribution < -0.4 is 5.32 Å². The van der Waals surface area contributed by atoms with Crippen LogP contribution in [-0.4, -0.2) is 23.5 Å². The Morgan fingerprint density at radius 1 is 1.44 bits per heavy atom. The van der Waals surface area contributed by atoms with E-state index in [1.165, 1.54) is 6.07 Å². The van der Waals surface area contributed by atoms with Crippen LogP contribution >= 0.6 is 0 Å². The molecule has 1 heterocycles. The van der Waals surface area contributed by atoms with Crippen LogP contribution in [0.1, 0.15) is 25.3 Å². The summed E-state index contributed by atoms with van der Waals surface area (Å²) in [5, 5.41) is 2.72. The smallest absolute Gasteiger partial charge is 0.317 e. The number of carbonyl (C=O) groups excluding carboxylic acids is 1. The molecule has 1 atom stereocenters. The number of nitrogens with zero attached hydrogens (tertiary/aromatic N) is 1. The zero-order valence-electron chi connectivity index (χ0n) is 10.2. The molecule has 3 nitrogen and oxygen atoms in total. The van der Waals surface area contributed by atoms with Gasteiger partial charge in [-0.05, 0) is 37.5 Å². The number of rotatable bonds is 2. The molecule has 1 aliphatic heterocycles. The summed E-state index contributed by atoms with van der Waals surface area (Å²) in [5.74, 6) is -1.77. The van der Waals surface area contributed by atoms with Crippen LogP contribution in [0.4, 0.5) is 13.6 Å². The molecule has 0 aromatic heterocycles. The third-order valence-corrected chi connectivity index (χ3v) is 3.24. The van der Waals surface area contributed by atoms with Crippen LogP contribution in [0.2, 0.25) is 0 Å². The predicted octanol–water partition coefficient (Wildman–Crippen LogP) is 2.66. The van der Waals surface area contributed by atoms with E-state index in [1.807, 2.05) is 6.92 Å². The molecule has 2 rings (SSSR count). The number of likely N-dealkylation sites (tertiary alicyclic amines) is 1. The van der Waals surface area contributed by atoms with Gasteiger partial charge in [0.1, 0.15) is 0 Å². The third-order valence-electron chi connectivity index (χ3n) is 3.24. The van der Waals surface area contributed by atoms with Gasteiger partial charge in [-0.25, -0.2) is 13.6 Å². The summed E-state index contributed by atoms with van der Waals surface area (Å²) in [6, 6.07) is 3.73. The summed E-state index contributed by atoms with van der Waals surface area (Å²) in [7, 11) is 0. The zero-order valence-corrected chi connectivity index (χ0v) is 10.2. The Morgan fingerprint density at radius 3 is 2.83 bits per heavy atom. The minimum atomic E-state index is -0.892. The number of hydrogen-bond donors (Lipinski definition) is 1. The van der Waals surface area contributed by atoms with Gasteiger partial charge in [0, 0.05) is 19.1 Å². The summed E-state index contributed by atoms with van der Waals surface area (Å²) in [6.07, 6.45) is 2.03. The Hall–Kier alpha value is -1.65. The third kappa shape index (κ3) is 2.78. The number of benzene rings is 1. The molecule has 98 valence electrons. The molecule has 5 heteroatoms. The van der Waals surface area contributed by atoms with Gasteiger partial charge < -0.3 is 10.2 Å². The number of nitrogens with one attached hydrogen (secondary N) is 1. The number of amides is 2. The molecule has 0 radical (unpaired) electrons. The monoisotopic (exact) mass is 254 g/mol. The Bertz CT molecular complexity index is 451. The van der Waals surface area contributed by atoms with Crippen LogP contribution in [0.15, 0.2) is 18.2 Å². The van der Waals surface area contributed by atoms with E-state index in [4.69, 9.17) is 0 Å². The molecular formula is C13H16F2N2O. The molecule has 1 unspecified atom stereocenters. The van der Waals surface area contributed by atoms with Gasteiger partial charge in [0.15, 0.2) is 11.6 Å². The highest BCUT2D eigenvalue weighted by molar-refractivity contribution is 5.74. The van der Waals surface area contributed by atoms with Crippen molar-refractivity contribution in [2.75, 3.05) is 6.54 Å². The SMILES string of the molecule is CC1CCCN1C(=O)NCc1ccc(F)c(F)c1. The first-order chi connectivity index (χ1) is 8.58. The topological polar surface area (TPSA) is 32.3 Å². The van der Waals surface area contributed by atoms with Crippen molar-refractivity contribution in [2.24, 2.45) is 0 Å². The second-order valence-electron chi connectivity index (χ2n) is 4.59. The largest absolute Gasteiger partial charge is 0.334 e. The molecule has 1 N–H and O–H groups in total. The van der Waals surface area contributed by atoms with Crippen LogP contribution in [0.25, 0.3) is 0 Å². The van der Waals surface area contributed by atoms with Gasteiger partial charge in [0.05, 0.1) is 0 Å². The lowest BCUT2D eigenvalue weighted by Crippen LogP contribution is -2.41. The maximum atomic E-state index is 13.0. The van der Waals surface area contributed by atoms with E-state index in [1.54, 1.807) is 4.90 Å². The van der Waals surface area contributed by atoms with E-state index >= 15 is 0 Å². The van der Waals surface area contributed by atoms with E-state index in [0.717, 1.165) is 31.5 Å². The normalized spacial score (nSPS) is 19.1. The highest BCUT2D eigenvalue weighted by atomic mass is 19.2. The van der Waals surface area contributed by atoms with Crippen LogP contribution in [0, 0.1) is 11.6 Å². The van der Waals surface area contributed by atoms with E-state index in [9.17, 15) is 13.6 Å². The summed E-state index contributed by atoms with van der Waals surface area (Å²) in [4.78, 5) is 13.6. The first-order valence-corrected chi connectivity index (χ1v) is 6.06. The minimum absolute atomic E-state index is 0.148. The first-order valence-electron chi connectivity index (χ1n) is 6.06. The fourth-order valence-electron chi connectivity index (χ4n) is 2.16. The molecule has 0 saturated carbocycles. The average Bonchev–Trinajstić information content (AvgIpc) is 2.77. The minimum Gasteiger partial charge on any atom is -0.334 e. The van der Waals surface area contributed by atoms with Gasteiger partial charge in [-0.3, -0.25) is 0 Å². The first kappa shape index (κ1) is 12.8. The quantitative estimate of drug-likeness (QED) is 0.864. The predicted molar refractivity (Wildman–Crippen MR) is 64.0 cm³/mol. The van der Waals surface area contributed by atoms with Gasteiger partial charge in [-0.1, -0.05) is 6.07 Å². The van der Waals surface area contributed by atoms with Crippen LogP contribution in [-0.2, 0) is 6.54 Å². The molecule has 2 amide bonds. The second kappa shape index (κ2) is 5.33. The lowest BCUT2D eigenvalue weighted by atomic mass is 10.2. The molecule has 1 aliphatic rings. The summed E-state index contributed by atoms with van der Waals surface area (Å²) >= 11 is 0. The van der Waals surface area contributed by atoms with Gasteiger partial charge in [0.25, 0.3) is 0 Å².